The number of fused-ring (bicyclic) bond motifs is 2. The maximum atomic E-state index is 13.5. The van der Waals surface area contributed by atoms with Crippen LogP contribution in [0.3, 0.4) is 0 Å². The molecule has 0 spiro atoms. The van der Waals surface area contributed by atoms with Crippen molar-refractivity contribution in [3.8, 4) is 0 Å². The fraction of sp³-hybridized carbons (Fsp3) is 0.385. The van der Waals surface area contributed by atoms with Crippen molar-refractivity contribution in [3.05, 3.63) is 59.2 Å². The first-order chi connectivity index (χ1) is 16.7. The molecule has 2 aromatic heterocycles. The van der Waals surface area contributed by atoms with E-state index >= 15 is 0 Å². The van der Waals surface area contributed by atoms with Gasteiger partial charge in [0.2, 0.25) is 5.91 Å². The Labute approximate surface area is 201 Å². The Kier molecular flexibility index (Phi) is 5.53. The van der Waals surface area contributed by atoms with Crippen LogP contribution in [0.5, 0.6) is 0 Å². The Morgan fingerprint density at radius 3 is 2.76 bits per heavy atom. The van der Waals surface area contributed by atoms with Crippen molar-refractivity contribution >= 4 is 44.3 Å². The summed E-state index contributed by atoms with van der Waals surface area (Å²) < 4.78 is 1.20. The molecule has 6 rings (SSSR count). The smallest absolute Gasteiger partial charge is 0.253 e. The van der Waals surface area contributed by atoms with Gasteiger partial charge in [0, 0.05) is 43.0 Å². The predicted molar refractivity (Wildman–Crippen MR) is 133 cm³/mol. The van der Waals surface area contributed by atoms with E-state index in [4.69, 9.17) is 4.98 Å². The number of likely N-dealkylation sites (tertiary alicyclic amines) is 2. The van der Waals surface area contributed by atoms with Gasteiger partial charge in [-0.05, 0) is 56.0 Å². The van der Waals surface area contributed by atoms with Crippen molar-refractivity contribution in [2.45, 2.75) is 31.6 Å². The summed E-state index contributed by atoms with van der Waals surface area (Å²) in [5, 5.41) is 9.01. The van der Waals surface area contributed by atoms with Gasteiger partial charge in [0.1, 0.15) is 0 Å². The molecule has 8 heteroatoms. The van der Waals surface area contributed by atoms with Crippen LogP contribution in [0.4, 0.5) is 0 Å². The van der Waals surface area contributed by atoms with Crippen LogP contribution in [-0.2, 0) is 4.79 Å². The monoisotopic (exact) mass is 473 g/mol. The van der Waals surface area contributed by atoms with Gasteiger partial charge in [-0.15, -0.1) is 11.3 Å². The third-order valence-electron chi connectivity index (χ3n) is 7.14. The Morgan fingerprint density at radius 2 is 1.85 bits per heavy atom. The van der Waals surface area contributed by atoms with E-state index in [1.165, 1.54) is 4.70 Å². The molecule has 2 amide bonds. The summed E-state index contributed by atoms with van der Waals surface area (Å²) >= 11 is 1.75. The third-order valence-corrected chi connectivity index (χ3v) is 8.34. The van der Waals surface area contributed by atoms with E-state index in [-0.39, 0.29) is 23.7 Å². The lowest BCUT2D eigenvalue weighted by Crippen LogP contribution is -2.48. The van der Waals surface area contributed by atoms with E-state index in [0.717, 1.165) is 60.2 Å². The minimum atomic E-state index is -0.135. The second-order valence-corrected chi connectivity index (χ2v) is 10.5. The van der Waals surface area contributed by atoms with Crippen LogP contribution in [0.2, 0.25) is 0 Å². The highest BCUT2D eigenvalue weighted by Gasteiger charge is 2.34. The lowest BCUT2D eigenvalue weighted by atomic mass is 9.93. The average Bonchev–Trinajstić information content (AvgIpc) is 3.54. The number of para-hydroxylation sites is 1. The number of carbonyl (C=O) groups excluding carboxylic acids is 2. The molecule has 174 valence electrons. The first-order valence-electron chi connectivity index (χ1n) is 12.0. The third kappa shape index (κ3) is 3.96. The number of piperidine rings is 2. The van der Waals surface area contributed by atoms with Crippen LogP contribution in [0.25, 0.3) is 21.1 Å². The molecule has 4 aromatic rings. The summed E-state index contributed by atoms with van der Waals surface area (Å²) in [7, 11) is 0. The van der Waals surface area contributed by atoms with Crippen molar-refractivity contribution in [1.29, 1.82) is 0 Å². The van der Waals surface area contributed by atoms with Gasteiger partial charge in [0.05, 0.1) is 32.9 Å². The summed E-state index contributed by atoms with van der Waals surface area (Å²) in [4.78, 5) is 35.4. The van der Waals surface area contributed by atoms with Crippen molar-refractivity contribution in [3.63, 3.8) is 0 Å². The van der Waals surface area contributed by atoms with E-state index in [0.29, 0.717) is 18.7 Å². The molecule has 0 aliphatic carbocycles. The summed E-state index contributed by atoms with van der Waals surface area (Å²) in [6.45, 7) is 2.70. The van der Waals surface area contributed by atoms with Gasteiger partial charge in [-0.2, -0.15) is 5.10 Å². The average molecular weight is 474 g/mol. The van der Waals surface area contributed by atoms with Gasteiger partial charge >= 0.3 is 0 Å². The molecule has 2 aromatic carbocycles. The molecule has 2 aliphatic heterocycles. The molecule has 0 saturated carbocycles. The van der Waals surface area contributed by atoms with Crippen molar-refractivity contribution in [1.82, 2.24) is 25.0 Å². The zero-order valence-electron chi connectivity index (χ0n) is 18.9. The Bertz CT molecular complexity index is 1330. The molecular formula is C26H27N5O2S. The number of benzene rings is 2. The van der Waals surface area contributed by atoms with Gasteiger partial charge in [-0.1, -0.05) is 12.1 Å². The van der Waals surface area contributed by atoms with Gasteiger partial charge in [0.25, 0.3) is 5.91 Å². The normalized spacial score (nSPS) is 21.3. The summed E-state index contributed by atoms with van der Waals surface area (Å²) in [6, 6.07) is 13.8. The van der Waals surface area contributed by atoms with Gasteiger partial charge in [0.15, 0.2) is 0 Å². The zero-order chi connectivity index (χ0) is 23.1. The number of hydrogen-bond acceptors (Lipinski definition) is 5. The van der Waals surface area contributed by atoms with Crippen molar-refractivity contribution < 1.29 is 9.59 Å². The predicted octanol–water partition coefficient (Wildman–Crippen LogP) is 4.43. The van der Waals surface area contributed by atoms with E-state index in [1.807, 2.05) is 40.1 Å². The number of nitrogens with zero attached hydrogens (tertiary/aromatic N) is 4. The Morgan fingerprint density at radius 1 is 1.00 bits per heavy atom. The van der Waals surface area contributed by atoms with Crippen LogP contribution in [-0.4, -0.2) is 63.0 Å². The minimum absolute atomic E-state index is 0.00778. The number of amides is 2. The molecule has 4 heterocycles. The quantitative estimate of drug-likeness (QED) is 0.477. The summed E-state index contributed by atoms with van der Waals surface area (Å²) in [6.07, 6.45) is 5.48. The van der Waals surface area contributed by atoms with Crippen LogP contribution >= 0.6 is 11.3 Å². The number of thiazole rings is 1. The van der Waals surface area contributed by atoms with Gasteiger partial charge in [-0.25, -0.2) is 4.98 Å². The minimum Gasteiger partial charge on any atom is -0.342 e. The van der Waals surface area contributed by atoms with E-state index in [1.54, 1.807) is 17.5 Å². The molecular weight excluding hydrogens is 446 g/mol. The van der Waals surface area contributed by atoms with Crippen LogP contribution in [0, 0.1) is 5.92 Å². The lowest BCUT2D eigenvalue weighted by Gasteiger charge is -2.38. The highest BCUT2D eigenvalue weighted by atomic mass is 32.1. The second kappa shape index (κ2) is 8.83. The fourth-order valence-corrected chi connectivity index (χ4v) is 6.42. The first kappa shape index (κ1) is 21.3. The summed E-state index contributed by atoms with van der Waals surface area (Å²) in [5.74, 6) is 0.336. The highest BCUT2D eigenvalue weighted by Crippen LogP contribution is 2.34. The first-order valence-corrected chi connectivity index (χ1v) is 12.8. The number of rotatable bonds is 3. The zero-order valence-corrected chi connectivity index (χ0v) is 19.8. The molecule has 0 radical (unpaired) electrons. The molecule has 1 N–H and O–H groups in total. The standard InChI is InChI=1S/C26H27N5O2S/c32-25(17-9-10-21-20(13-17)14-27-29-21)31-12-4-6-19(16-31)26(33)30-11-3-5-18(15-30)24-28-22-7-1-2-8-23(22)34-24/h1-2,7-10,13-14,18-19H,3-6,11-12,15-16H2,(H,27,29). The molecule has 2 fully saturated rings. The molecule has 2 unspecified atom stereocenters. The molecule has 2 atom stereocenters. The fourth-order valence-electron chi connectivity index (χ4n) is 5.32. The van der Waals surface area contributed by atoms with Crippen LogP contribution < -0.4 is 0 Å². The van der Waals surface area contributed by atoms with Crippen LogP contribution in [0.15, 0.2) is 48.7 Å². The summed E-state index contributed by atoms with van der Waals surface area (Å²) in [5.41, 5.74) is 2.60. The van der Waals surface area contributed by atoms with Crippen molar-refractivity contribution in [2.24, 2.45) is 5.92 Å². The molecule has 0 bridgehead atoms. The van der Waals surface area contributed by atoms with E-state index < -0.39 is 0 Å². The van der Waals surface area contributed by atoms with Crippen LogP contribution in [0.1, 0.15) is 47.0 Å². The molecule has 2 aliphatic rings. The number of aromatic amines is 1. The lowest BCUT2D eigenvalue weighted by molar-refractivity contribution is -0.138. The molecule has 2 saturated heterocycles. The van der Waals surface area contributed by atoms with E-state index in [2.05, 4.69) is 22.3 Å². The Balaban J connectivity index is 1.14. The SMILES string of the molecule is O=C(c1ccc2[nH]ncc2c1)N1CCCC(C(=O)N2CCCC(c3nc4ccccc4s3)C2)C1. The number of aromatic nitrogens is 3. The van der Waals surface area contributed by atoms with Gasteiger partial charge in [-0.3, -0.25) is 14.7 Å². The Hall–Kier alpha value is -3.26. The number of nitrogens with one attached hydrogen (secondary N) is 1. The molecule has 34 heavy (non-hydrogen) atoms. The van der Waals surface area contributed by atoms with E-state index in [9.17, 15) is 9.59 Å². The van der Waals surface area contributed by atoms with Gasteiger partial charge < -0.3 is 9.80 Å². The number of H-pyrrole nitrogens is 1. The van der Waals surface area contributed by atoms with Crippen molar-refractivity contribution in [2.75, 3.05) is 26.2 Å². The highest BCUT2D eigenvalue weighted by molar-refractivity contribution is 7.18. The largest absolute Gasteiger partial charge is 0.342 e. The topological polar surface area (TPSA) is 82.2 Å². The maximum Gasteiger partial charge on any atom is 0.253 e. The number of hydrogen-bond donors (Lipinski definition) is 1. The molecule has 7 nitrogen and oxygen atoms in total. The second-order valence-electron chi connectivity index (χ2n) is 9.41. The maximum absolute atomic E-state index is 13.5. The number of carbonyl (C=O) groups is 2.